The third-order valence-electron chi connectivity index (χ3n) is 5.71. The lowest BCUT2D eigenvalue weighted by Crippen LogP contribution is -2.36. The van der Waals surface area contributed by atoms with Gasteiger partial charge < -0.3 is 20.1 Å². The van der Waals surface area contributed by atoms with Gasteiger partial charge in [-0.3, -0.25) is 0 Å². The monoisotopic (exact) mass is 498 g/mol. The Bertz CT molecular complexity index is 1560. The Morgan fingerprint density at radius 2 is 1.29 bits per heavy atom. The molecule has 0 amide bonds. The van der Waals surface area contributed by atoms with E-state index in [-0.39, 0.29) is 23.5 Å². The third kappa shape index (κ3) is 5.46. The molecule has 0 spiro atoms. The minimum absolute atomic E-state index is 0.0249. The third-order valence-corrected chi connectivity index (χ3v) is 5.71. The van der Waals surface area contributed by atoms with Crippen LogP contribution in [0, 0.1) is 22.7 Å². The zero-order valence-corrected chi connectivity index (χ0v) is 20.2. The minimum Gasteiger partial charge on any atom is -0.484 e. The van der Waals surface area contributed by atoms with Gasteiger partial charge in [-0.2, -0.15) is 10.5 Å². The van der Waals surface area contributed by atoms with Crippen LogP contribution < -0.4 is 20.1 Å². The van der Waals surface area contributed by atoms with E-state index in [1.54, 1.807) is 0 Å². The molecule has 0 saturated carbocycles. The van der Waals surface area contributed by atoms with E-state index < -0.39 is 0 Å². The Hall–Kier alpha value is -5.60. The average molecular weight is 499 g/mol. The fourth-order valence-electron chi connectivity index (χ4n) is 3.92. The van der Waals surface area contributed by atoms with Crippen LogP contribution in [0.5, 0.6) is 17.2 Å². The Morgan fingerprint density at radius 3 is 2.00 bits per heavy atom. The number of nitriles is 2. The highest BCUT2D eigenvalue weighted by Crippen LogP contribution is 2.36. The Labute approximate surface area is 220 Å². The van der Waals surface area contributed by atoms with Crippen LogP contribution in [0.25, 0.3) is 0 Å². The summed E-state index contributed by atoms with van der Waals surface area (Å²) >= 11 is 0. The molecule has 2 unspecified atom stereocenters. The number of nitrogens with one attached hydrogen (secondary N) is 2. The van der Waals surface area contributed by atoms with Gasteiger partial charge in [-0.25, -0.2) is 0 Å². The highest BCUT2D eigenvalue weighted by atomic mass is 16.5. The second-order valence-electron chi connectivity index (χ2n) is 8.24. The Morgan fingerprint density at radius 1 is 0.684 bits per heavy atom. The van der Waals surface area contributed by atoms with E-state index in [4.69, 9.17) is 9.47 Å². The van der Waals surface area contributed by atoms with Crippen molar-refractivity contribution in [2.75, 3.05) is 10.6 Å². The van der Waals surface area contributed by atoms with Crippen molar-refractivity contribution in [3.8, 4) is 29.4 Å². The van der Waals surface area contributed by atoms with Crippen LogP contribution >= 0.6 is 0 Å². The summed E-state index contributed by atoms with van der Waals surface area (Å²) in [5.74, 6) is 1.90. The molecule has 0 aliphatic heterocycles. The number of ether oxygens (including phenoxy) is 2. The molecule has 0 fully saturated rings. The number of allylic oxidation sites excluding steroid dienone is 2. The summed E-state index contributed by atoms with van der Waals surface area (Å²) in [6.45, 7) is 0. The molecule has 5 rings (SSSR count). The van der Waals surface area contributed by atoms with E-state index in [1.807, 2.05) is 109 Å². The van der Waals surface area contributed by atoms with E-state index >= 15 is 0 Å². The largest absolute Gasteiger partial charge is 0.484 e. The van der Waals surface area contributed by atoms with E-state index in [1.165, 1.54) is 0 Å². The van der Waals surface area contributed by atoms with Crippen LogP contribution in [0.3, 0.4) is 0 Å². The highest BCUT2D eigenvalue weighted by molar-refractivity contribution is 5.83. The molecule has 1 aliphatic rings. The van der Waals surface area contributed by atoms with Crippen molar-refractivity contribution in [3.05, 3.63) is 121 Å². The summed E-state index contributed by atoms with van der Waals surface area (Å²) in [5.41, 5.74) is 1.29. The lowest BCUT2D eigenvalue weighted by Gasteiger charge is -2.28. The molecule has 1 aliphatic carbocycles. The van der Waals surface area contributed by atoms with Gasteiger partial charge in [0.2, 0.25) is 0 Å². The topological polar surface area (TPSA) is 116 Å². The summed E-state index contributed by atoms with van der Waals surface area (Å²) in [4.78, 5) is 0. The van der Waals surface area contributed by atoms with Gasteiger partial charge in [-0.15, -0.1) is 10.2 Å². The summed E-state index contributed by atoms with van der Waals surface area (Å²) < 4.78 is 12.3. The molecule has 3 aromatic carbocycles. The van der Waals surface area contributed by atoms with Crippen LogP contribution in [-0.2, 0) is 0 Å². The maximum Gasteiger partial charge on any atom is 0.188 e. The van der Waals surface area contributed by atoms with Gasteiger partial charge in [0.15, 0.2) is 17.1 Å². The summed E-state index contributed by atoms with van der Waals surface area (Å²) in [6, 6.07) is 30.0. The van der Waals surface area contributed by atoms with E-state index in [0.717, 1.165) is 0 Å². The van der Waals surface area contributed by atoms with Gasteiger partial charge in [0.1, 0.15) is 41.1 Å². The first kappa shape index (κ1) is 24.1. The molecule has 8 heteroatoms. The first-order valence-electron chi connectivity index (χ1n) is 11.9. The Kier molecular flexibility index (Phi) is 7.25. The number of benzene rings is 3. The number of hydrogen-bond acceptors (Lipinski definition) is 8. The van der Waals surface area contributed by atoms with Gasteiger partial charge in [0, 0.05) is 0 Å². The molecule has 4 aromatic rings. The van der Waals surface area contributed by atoms with Crippen LogP contribution in [0.1, 0.15) is 11.4 Å². The van der Waals surface area contributed by atoms with Gasteiger partial charge >= 0.3 is 0 Å². The van der Waals surface area contributed by atoms with Gasteiger partial charge in [-0.1, -0.05) is 66.8 Å². The molecular formula is C30H22N6O2. The summed E-state index contributed by atoms with van der Waals surface area (Å²) in [6.07, 6.45) is 7.27. The molecule has 0 radical (unpaired) electrons. The standard InChI is InChI=1S/C30H22N6O2/c31-19-25-29(33-23-15-7-9-17-27(23)37-21-11-3-1-4-12-21)30(26(20-32)36-35-25)34-24-16-8-10-18-28(24)38-22-13-5-2-6-14-22/h1-18,23,27H,(H,33,36)(H,34,35). The molecule has 1 heterocycles. The van der Waals surface area contributed by atoms with Gasteiger partial charge in [-0.05, 0) is 42.5 Å². The summed E-state index contributed by atoms with van der Waals surface area (Å²) in [5, 5.41) is 34.3. The first-order chi connectivity index (χ1) is 18.7. The van der Waals surface area contributed by atoms with Crippen molar-refractivity contribution in [1.29, 1.82) is 10.5 Å². The fourth-order valence-corrected chi connectivity index (χ4v) is 3.92. The molecule has 38 heavy (non-hydrogen) atoms. The molecule has 184 valence electrons. The van der Waals surface area contributed by atoms with Gasteiger partial charge in [0.05, 0.1) is 11.7 Å². The number of aromatic nitrogens is 2. The average Bonchev–Trinajstić information content (AvgIpc) is 2.97. The maximum absolute atomic E-state index is 9.86. The molecule has 8 nitrogen and oxygen atoms in total. The lowest BCUT2D eigenvalue weighted by atomic mass is 10.0. The van der Waals surface area contributed by atoms with Crippen molar-refractivity contribution < 1.29 is 9.47 Å². The molecule has 0 saturated heterocycles. The van der Waals surface area contributed by atoms with Crippen LogP contribution in [0.4, 0.5) is 17.1 Å². The predicted octanol–water partition coefficient (Wildman–Crippen LogP) is 6.11. The summed E-state index contributed by atoms with van der Waals surface area (Å²) in [7, 11) is 0. The van der Waals surface area contributed by atoms with Crippen molar-refractivity contribution >= 4 is 17.1 Å². The van der Waals surface area contributed by atoms with Crippen LogP contribution in [0.15, 0.2) is 109 Å². The quantitative estimate of drug-likeness (QED) is 0.299. The van der Waals surface area contributed by atoms with E-state index in [9.17, 15) is 10.5 Å². The van der Waals surface area contributed by atoms with E-state index in [0.29, 0.717) is 34.3 Å². The number of rotatable bonds is 8. The first-order valence-corrected chi connectivity index (χ1v) is 11.9. The molecule has 2 N–H and O–H groups in total. The number of nitrogens with zero attached hydrogens (tertiary/aromatic N) is 4. The number of anilines is 3. The fraction of sp³-hybridized carbons (Fsp3) is 0.0667. The highest BCUT2D eigenvalue weighted by Gasteiger charge is 2.26. The number of hydrogen-bond donors (Lipinski definition) is 2. The predicted molar refractivity (Wildman–Crippen MR) is 144 cm³/mol. The van der Waals surface area contributed by atoms with Crippen molar-refractivity contribution in [2.24, 2.45) is 0 Å². The zero-order chi connectivity index (χ0) is 26.2. The Balaban J connectivity index is 1.50. The molecule has 2 atom stereocenters. The van der Waals surface area contributed by atoms with Crippen molar-refractivity contribution in [2.45, 2.75) is 12.1 Å². The zero-order valence-electron chi connectivity index (χ0n) is 20.2. The van der Waals surface area contributed by atoms with Crippen molar-refractivity contribution in [3.63, 3.8) is 0 Å². The lowest BCUT2D eigenvalue weighted by molar-refractivity contribution is 0.239. The maximum atomic E-state index is 9.86. The molecule has 0 bridgehead atoms. The normalized spacial score (nSPS) is 15.6. The van der Waals surface area contributed by atoms with Crippen LogP contribution in [-0.4, -0.2) is 22.3 Å². The van der Waals surface area contributed by atoms with Crippen LogP contribution in [0.2, 0.25) is 0 Å². The SMILES string of the molecule is N#Cc1nnc(C#N)c(NC2C=CC=CC2Oc2ccccc2)c1Nc1ccccc1Oc1ccccc1. The number of para-hydroxylation sites is 4. The van der Waals surface area contributed by atoms with Gasteiger partial charge in [0.25, 0.3) is 0 Å². The van der Waals surface area contributed by atoms with E-state index in [2.05, 4.69) is 33.0 Å². The second kappa shape index (κ2) is 11.4. The smallest absolute Gasteiger partial charge is 0.188 e. The second-order valence-corrected chi connectivity index (χ2v) is 8.24. The minimum atomic E-state index is -0.380. The van der Waals surface area contributed by atoms with Crippen molar-refractivity contribution in [1.82, 2.24) is 10.2 Å². The molecular weight excluding hydrogens is 476 g/mol. The molecule has 1 aromatic heterocycles.